The Bertz CT molecular complexity index is 218. The molecule has 0 bridgehead atoms. The number of hydrogen-bond acceptors (Lipinski definition) is 3. The van der Waals surface area contributed by atoms with E-state index in [1.54, 1.807) is 0 Å². The van der Waals surface area contributed by atoms with E-state index in [2.05, 4.69) is 31.0 Å². The van der Waals surface area contributed by atoms with Crippen LogP contribution < -0.4 is 5.32 Å². The van der Waals surface area contributed by atoms with Crippen LogP contribution in [0.25, 0.3) is 0 Å². The highest BCUT2D eigenvalue weighted by Crippen LogP contribution is 2.27. The minimum Gasteiger partial charge on any atom is -0.375 e. The summed E-state index contributed by atoms with van der Waals surface area (Å²) >= 11 is 0. The Morgan fingerprint density at radius 1 is 1.40 bits per heavy atom. The lowest BCUT2D eigenvalue weighted by Crippen LogP contribution is -2.55. The van der Waals surface area contributed by atoms with Crippen LogP contribution in [0.5, 0.6) is 0 Å². The van der Waals surface area contributed by atoms with E-state index < -0.39 is 0 Å². The Hall–Kier alpha value is -0.120. The van der Waals surface area contributed by atoms with E-state index in [-0.39, 0.29) is 5.60 Å². The van der Waals surface area contributed by atoms with Gasteiger partial charge in [0.25, 0.3) is 0 Å². The van der Waals surface area contributed by atoms with Gasteiger partial charge in [-0.3, -0.25) is 4.90 Å². The van der Waals surface area contributed by atoms with Crippen molar-refractivity contribution in [1.82, 2.24) is 10.2 Å². The fourth-order valence-corrected chi connectivity index (χ4v) is 2.81. The third-order valence-electron chi connectivity index (χ3n) is 3.59. The molecule has 2 rings (SSSR count). The van der Waals surface area contributed by atoms with Crippen LogP contribution in [0, 0.1) is 0 Å². The van der Waals surface area contributed by atoms with E-state index in [0.29, 0.717) is 6.04 Å². The summed E-state index contributed by atoms with van der Waals surface area (Å²) in [5.41, 5.74) is 0.0804. The molecular formula is C12H24N2O. The molecule has 0 amide bonds. The number of nitrogens with one attached hydrogen (secondary N) is 1. The van der Waals surface area contributed by atoms with E-state index in [9.17, 15) is 0 Å². The van der Waals surface area contributed by atoms with Gasteiger partial charge < -0.3 is 10.1 Å². The smallest absolute Gasteiger partial charge is 0.0641 e. The van der Waals surface area contributed by atoms with Crippen LogP contribution in [0.1, 0.15) is 33.6 Å². The maximum atomic E-state index is 5.77. The van der Waals surface area contributed by atoms with Gasteiger partial charge in [0.2, 0.25) is 0 Å². The van der Waals surface area contributed by atoms with Gasteiger partial charge in [0.1, 0.15) is 0 Å². The third kappa shape index (κ3) is 2.92. The number of hydrogen-bond donors (Lipinski definition) is 1. The summed E-state index contributed by atoms with van der Waals surface area (Å²) in [6.45, 7) is 11.2. The van der Waals surface area contributed by atoms with Gasteiger partial charge in [-0.2, -0.15) is 0 Å². The van der Waals surface area contributed by atoms with Gasteiger partial charge >= 0.3 is 0 Å². The topological polar surface area (TPSA) is 24.5 Å². The molecule has 3 heteroatoms. The fraction of sp³-hybridized carbons (Fsp3) is 1.00. The Labute approximate surface area is 93.2 Å². The van der Waals surface area contributed by atoms with Crippen molar-refractivity contribution in [3.8, 4) is 0 Å². The highest BCUT2D eigenvalue weighted by Gasteiger charge is 2.33. The second-order valence-corrected chi connectivity index (χ2v) is 5.60. The molecule has 1 N–H and O–H groups in total. The van der Waals surface area contributed by atoms with Crippen molar-refractivity contribution in [2.24, 2.45) is 0 Å². The molecule has 2 aliphatic heterocycles. The van der Waals surface area contributed by atoms with E-state index in [1.165, 1.54) is 25.9 Å². The first-order valence-electron chi connectivity index (χ1n) is 6.18. The summed E-state index contributed by atoms with van der Waals surface area (Å²) in [6, 6.07) is 1.38. The summed E-state index contributed by atoms with van der Waals surface area (Å²) in [5.74, 6) is 0. The van der Waals surface area contributed by atoms with Crippen LogP contribution in [-0.2, 0) is 4.74 Å². The lowest BCUT2D eigenvalue weighted by atomic mass is 9.92. The molecule has 0 spiro atoms. The largest absolute Gasteiger partial charge is 0.375 e. The monoisotopic (exact) mass is 212 g/mol. The molecule has 0 aliphatic carbocycles. The molecule has 2 heterocycles. The van der Waals surface area contributed by atoms with Crippen molar-refractivity contribution in [2.75, 3.05) is 26.2 Å². The Kier molecular flexibility index (Phi) is 3.33. The van der Waals surface area contributed by atoms with Crippen molar-refractivity contribution >= 4 is 0 Å². The van der Waals surface area contributed by atoms with Crippen molar-refractivity contribution < 1.29 is 4.74 Å². The van der Waals surface area contributed by atoms with Gasteiger partial charge in [-0.1, -0.05) is 0 Å². The van der Waals surface area contributed by atoms with Gasteiger partial charge in [0.15, 0.2) is 0 Å². The summed E-state index contributed by atoms with van der Waals surface area (Å²) in [4.78, 5) is 2.64. The molecule has 15 heavy (non-hydrogen) atoms. The average Bonchev–Trinajstić information content (AvgIpc) is 2.16. The first-order chi connectivity index (χ1) is 7.07. The molecule has 2 saturated heterocycles. The Balaban J connectivity index is 1.92. The van der Waals surface area contributed by atoms with E-state index in [4.69, 9.17) is 4.74 Å². The minimum absolute atomic E-state index is 0.0804. The molecule has 0 radical (unpaired) electrons. The van der Waals surface area contributed by atoms with Crippen molar-refractivity contribution in [1.29, 1.82) is 0 Å². The van der Waals surface area contributed by atoms with Crippen LogP contribution in [-0.4, -0.2) is 48.8 Å². The standard InChI is InChI=1S/C12H24N2O/c1-10-9-14(6-5-13-10)11-4-7-15-12(2,3)8-11/h10-11,13H,4-9H2,1-3H3. The maximum Gasteiger partial charge on any atom is 0.0641 e. The summed E-state index contributed by atoms with van der Waals surface area (Å²) in [7, 11) is 0. The van der Waals surface area contributed by atoms with Gasteiger partial charge in [0, 0.05) is 38.3 Å². The predicted octanol–water partition coefficient (Wildman–Crippen LogP) is 1.24. The maximum absolute atomic E-state index is 5.77. The summed E-state index contributed by atoms with van der Waals surface area (Å²) in [6.07, 6.45) is 2.38. The lowest BCUT2D eigenvalue weighted by molar-refractivity contribution is -0.0859. The molecule has 0 aromatic carbocycles. The molecule has 2 fully saturated rings. The highest BCUT2D eigenvalue weighted by molar-refractivity contribution is 4.88. The molecule has 2 atom stereocenters. The number of ether oxygens (including phenoxy) is 1. The van der Waals surface area contributed by atoms with Gasteiger partial charge in [-0.05, 0) is 33.6 Å². The van der Waals surface area contributed by atoms with Gasteiger partial charge in [0.05, 0.1) is 5.60 Å². The molecule has 2 aliphatic rings. The van der Waals surface area contributed by atoms with Crippen LogP contribution >= 0.6 is 0 Å². The first kappa shape index (κ1) is 11.4. The molecular weight excluding hydrogens is 188 g/mol. The van der Waals surface area contributed by atoms with Crippen LogP contribution in [0.2, 0.25) is 0 Å². The third-order valence-corrected chi connectivity index (χ3v) is 3.59. The van der Waals surface area contributed by atoms with Crippen molar-refractivity contribution in [3.05, 3.63) is 0 Å². The Morgan fingerprint density at radius 3 is 2.87 bits per heavy atom. The van der Waals surface area contributed by atoms with Crippen LogP contribution in [0.4, 0.5) is 0 Å². The zero-order chi connectivity index (χ0) is 10.9. The normalized spacial score (nSPS) is 37.8. The van der Waals surface area contributed by atoms with Crippen LogP contribution in [0.3, 0.4) is 0 Å². The summed E-state index contributed by atoms with van der Waals surface area (Å²) in [5, 5.41) is 3.50. The molecule has 3 nitrogen and oxygen atoms in total. The van der Waals surface area contributed by atoms with Gasteiger partial charge in [-0.25, -0.2) is 0 Å². The minimum atomic E-state index is 0.0804. The average molecular weight is 212 g/mol. The SMILES string of the molecule is CC1CN(C2CCOC(C)(C)C2)CCN1. The molecule has 0 aromatic heterocycles. The fourth-order valence-electron chi connectivity index (χ4n) is 2.81. The van der Waals surface area contributed by atoms with Crippen molar-refractivity contribution in [3.63, 3.8) is 0 Å². The van der Waals surface area contributed by atoms with E-state index >= 15 is 0 Å². The highest BCUT2D eigenvalue weighted by atomic mass is 16.5. The number of nitrogens with zero attached hydrogens (tertiary/aromatic N) is 1. The Morgan fingerprint density at radius 2 is 2.20 bits per heavy atom. The van der Waals surface area contributed by atoms with Gasteiger partial charge in [-0.15, -0.1) is 0 Å². The lowest BCUT2D eigenvalue weighted by Gasteiger charge is -2.44. The molecule has 88 valence electrons. The zero-order valence-electron chi connectivity index (χ0n) is 10.3. The van der Waals surface area contributed by atoms with Crippen molar-refractivity contribution in [2.45, 2.75) is 51.3 Å². The zero-order valence-corrected chi connectivity index (χ0v) is 10.3. The van der Waals surface area contributed by atoms with E-state index in [0.717, 1.165) is 19.2 Å². The van der Waals surface area contributed by atoms with E-state index in [1.807, 2.05) is 0 Å². The molecule has 0 saturated carbocycles. The molecule has 0 aromatic rings. The number of rotatable bonds is 1. The second-order valence-electron chi connectivity index (χ2n) is 5.60. The predicted molar refractivity (Wildman–Crippen MR) is 62.1 cm³/mol. The quantitative estimate of drug-likeness (QED) is 0.708. The summed E-state index contributed by atoms with van der Waals surface area (Å²) < 4.78 is 5.77. The molecule has 2 unspecified atom stereocenters. The van der Waals surface area contributed by atoms with Crippen LogP contribution in [0.15, 0.2) is 0 Å². The second kappa shape index (κ2) is 4.40. The first-order valence-corrected chi connectivity index (χ1v) is 6.18. The number of piperazine rings is 1.